The van der Waals surface area contributed by atoms with Crippen LogP contribution in [0.1, 0.15) is 12.5 Å². The molecule has 1 amide bonds. The molecule has 5 nitrogen and oxygen atoms in total. The van der Waals surface area contributed by atoms with Gasteiger partial charge < -0.3 is 15.0 Å². The normalized spacial score (nSPS) is 11.9. The molecule has 1 unspecified atom stereocenters. The molecular weight excluding hydrogens is 350 g/mol. The summed E-state index contributed by atoms with van der Waals surface area (Å²) in [4.78, 5) is 20.3. The summed E-state index contributed by atoms with van der Waals surface area (Å²) in [5, 5.41) is 2.89. The Hall–Kier alpha value is -3.60. The lowest BCUT2D eigenvalue weighted by Crippen LogP contribution is -2.30. The van der Waals surface area contributed by atoms with E-state index in [2.05, 4.69) is 15.3 Å². The van der Waals surface area contributed by atoms with Gasteiger partial charge in [-0.2, -0.15) is 0 Å². The predicted molar refractivity (Wildman–Crippen MR) is 111 cm³/mol. The van der Waals surface area contributed by atoms with Crippen LogP contribution in [0.5, 0.6) is 5.75 Å². The van der Waals surface area contributed by atoms with E-state index in [0.29, 0.717) is 11.4 Å². The Morgan fingerprint density at radius 2 is 1.82 bits per heavy atom. The minimum atomic E-state index is -0.600. The first-order valence-electron chi connectivity index (χ1n) is 9.18. The van der Waals surface area contributed by atoms with Crippen molar-refractivity contribution < 1.29 is 9.53 Å². The summed E-state index contributed by atoms with van der Waals surface area (Å²) >= 11 is 0. The van der Waals surface area contributed by atoms with E-state index in [1.54, 1.807) is 6.92 Å². The monoisotopic (exact) mass is 371 g/mol. The minimum absolute atomic E-state index is 0.196. The van der Waals surface area contributed by atoms with Gasteiger partial charge in [-0.25, -0.2) is 4.98 Å². The Kier molecular flexibility index (Phi) is 4.81. The molecular formula is C23H21N3O2. The van der Waals surface area contributed by atoms with Gasteiger partial charge in [-0.15, -0.1) is 0 Å². The predicted octanol–water partition coefficient (Wildman–Crippen LogP) is 4.94. The van der Waals surface area contributed by atoms with Crippen molar-refractivity contribution in [3.05, 3.63) is 78.4 Å². The summed E-state index contributed by atoms with van der Waals surface area (Å²) in [6, 6.07) is 23.1. The number of nitrogens with zero attached hydrogens (tertiary/aromatic N) is 1. The maximum atomic E-state index is 12.4. The highest BCUT2D eigenvalue weighted by atomic mass is 16.5. The third-order valence-electron chi connectivity index (χ3n) is 4.49. The first-order valence-corrected chi connectivity index (χ1v) is 9.18. The van der Waals surface area contributed by atoms with Crippen LogP contribution < -0.4 is 10.1 Å². The molecule has 28 heavy (non-hydrogen) atoms. The van der Waals surface area contributed by atoms with Crippen molar-refractivity contribution in [2.24, 2.45) is 0 Å². The van der Waals surface area contributed by atoms with E-state index in [1.165, 1.54) is 0 Å². The number of aryl methyl sites for hydroxylation is 1. The lowest BCUT2D eigenvalue weighted by molar-refractivity contribution is -0.122. The van der Waals surface area contributed by atoms with Gasteiger partial charge in [0.05, 0.1) is 11.0 Å². The molecule has 0 saturated carbocycles. The molecule has 1 atom stereocenters. The Morgan fingerprint density at radius 1 is 1.04 bits per heavy atom. The molecule has 0 spiro atoms. The Balaban J connectivity index is 1.43. The largest absolute Gasteiger partial charge is 0.481 e. The zero-order valence-electron chi connectivity index (χ0n) is 15.8. The van der Waals surface area contributed by atoms with Crippen molar-refractivity contribution in [3.63, 3.8) is 0 Å². The second-order valence-electron chi connectivity index (χ2n) is 6.75. The van der Waals surface area contributed by atoms with Crippen LogP contribution in [0.3, 0.4) is 0 Å². The van der Waals surface area contributed by atoms with Crippen molar-refractivity contribution in [1.29, 1.82) is 0 Å². The van der Waals surface area contributed by atoms with Crippen LogP contribution in [0.15, 0.2) is 72.8 Å². The Morgan fingerprint density at radius 3 is 2.57 bits per heavy atom. The van der Waals surface area contributed by atoms with Crippen molar-refractivity contribution in [2.75, 3.05) is 5.32 Å². The van der Waals surface area contributed by atoms with E-state index in [9.17, 15) is 4.79 Å². The molecule has 4 rings (SSSR count). The average Bonchev–Trinajstić information content (AvgIpc) is 3.13. The van der Waals surface area contributed by atoms with E-state index < -0.39 is 6.10 Å². The number of hydrogen-bond acceptors (Lipinski definition) is 3. The molecule has 0 bridgehead atoms. The number of anilines is 1. The van der Waals surface area contributed by atoms with Gasteiger partial charge in [0.1, 0.15) is 11.6 Å². The molecule has 1 heterocycles. The van der Waals surface area contributed by atoms with Gasteiger partial charge in [-0.1, -0.05) is 24.3 Å². The number of benzene rings is 3. The van der Waals surface area contributed by atoms with Crippen LogP contribution in [0.25, 0.3) is 22.4 Å². The van der Waals surface area contributed by atoms with Crippen LogP contribution in [-0.4, -0.2) is 22.0 Å². The quantitative estimate of drug-likeness (QED) is 0.522. The van der Waals surface area contributed by atoms with Crippen LogP contribution in [0, 0.1) is 6.92 Å². The maximum Gasteiger partial charge on any atom is 0.265 e. The summed E-state index contributed by atoms with van der Waals surface area (Å²) in [6.45, 7) is 3.72. The van der Waals surface area contributed by atoms with Crippen LogP contribution in [0.4, 0.5) is 5.69 Å². The first kappa shape index (κ1) is 17.8. The number of aromatic amines is 1. The number of H-pyrrole nitrogens is 1. The summed E-state index contributed by atoms with van der Waals surface area (Å²) in [6.07, 6.45) is -0.600. The number of amides is 1. The van der Waals surface area contributed by atoms with Gasteiger partial charge in [-0.3, -0.25) is 4.79 Å². The molecule has 0 saturated heterocycles. The highest BCUT2D eigenvalue weighted by Gasteiger charge is 2.15. The number of carbonyl (C=O) groups is 1. The third-order valence-corrected chi connectivity index (χ3v) is 4.49. The third kappa shape index (κ3) is 3.88. The average molecular weight is 371 g/mol. The number of imidazole rings is 1. The molecule has 3 aromatic carbocycles. The molecule has 0 radical (unpaired) electrons. The van der Waals surface area contributed by atoms with E-state index in [1.807, 2.05) is 79.7 Å². The van der Waals surface area contributed by atoms with E-state index in [-0.39, 0.29) is 5.91 Å². The topological polar surface area (TPSA) is 67.0 Å². The fraction of sp³-hybridized carbons (Fsp3) is 0.130. The highest BCUT2D eigenvalue weighted by Crippen LogP contribution is 2.22. The van der Waals surface area contributed by atoms with E-state index in [4.69, 9.17) is 4.74 Å². The standard InChI is InChI=1S/C23H21N3O2/c1-15-6-5-7-19(14-15)28-16(2)23(27)24-18-12-10-17(11-13-18)22-25-20-8-3-4-9-21(20)26-22/h3-14,16H,1-2H3,(H,24,27)(H,25,26). The number of fused-ring (bicyclic) bond motifs is 1. The molecule has 0 fully saturated rings. The van der Waals surface area contributed by atoms with Crippen molar-refractivity contribution in [1.82, 2.24) is 9.97 Å². The number of para-hydroxylation sites is 2. The Labute approximate surface area is 163 Å². The highest BCUT2D eigenvalue weighted by molar-refractivity contribution is 5.94. The van der Waals surface area contributed by atoms with E-state index in [0.717, 1.165) is 28.0 Å². The fourth-order valence-electron chi connectivity index (χ4n) is 2.99. The molecule has 0 aliphatic rings. The SMILES string of the molecule is Cc1cccc(OC(C)C(=O)Nc2ccc(-c3nc4ccccc4[nH]3)cc2)c1. The number of carbonyl (C=O) groups excluding carboxylic acids is 1. The number of aromatic nitrogens is 2. The zero-order chi connectivity index (χ0) is 19.5. The van der Waals surface area contributed by atoms with Gasteiger partial charge in [0.25, 0.3) is 5.91 Å². The van der Waals surface area contributed by atoms with Gasteiger partial charge in [-0.05, 0) is 67.9 Å². The van der Waals surface area contributed by atoms with Gasteiger partial charge in [0, 0.05) is 11.3 Å². The Bertz CT molecular complexity index is 1080. The van der Waals surface area contributed by atoms with E-state index >= 15 is 0 Å². The number of nitrogens with one attached hydrogen (secondary N) is 2. The van der Waals surface area contributed by atoms with Crippen LogP contribution in [-0.2, 0) is 4.79 Å². The van der Waals surface area contributed by atoms with Gasteiger partial charge in [0.2, 0.25) is 0 Å². The zero-order valence-corrected chi connectivity index (χ0v) is 15.8. The van der Waals surface area contributed by atoms with Crippen molar-refractivity contribution in [3.8, 4) is 17.1 Å². The minimum Gasteiger partial charge on any atom is -0.481 e. The molecule has 2 N–H and O–H groups in total. The van der Waals surface area contributed by atoms with Crippen LogP contribution in [0.2, 0.25) is 0 Å². The second kappa shape index (κ2) is 7.56. The number of rotatable bonds is 5. The molecule has 0 aliphatic heterocycles. The fourth-order valence-corrected chi connectivity index (χ4v) is 2.99. The summed E-state index contributed by atoms with van der Waals surface area (Å²) in [7, 11) is 0. The molecule has 0 aliphatic carbocycles. The lowest BCUT2D eigenvalue weighted by Gasteiger charge is -2.15. The summed E-state index contributed by atoms with van der Waals surface area (Å²) in [5.74, 6) is 1.29. The van der Waals surface area contributed by atoms with Crippen LogP contribution >= 0.6 is 0 Å². The molecule has 4 aromatic rings. The molecule has 140 valence electrons. The second-order valence-corrected chi connectivity index (χ2v) is 6.75. The maximum absolute atomic E-state index is 12.4. The molecule has 1 aromatic heterocycles. The van der Waals surface area contributed by atoms with Gasteiger partial charge in [0.15, 0.2) is 6.10 Å². The van der Waals surface area contributed by atoms with Crippen molar-refractivity contribution >= 4 is 22.6 Å². The number of hydrogen-bond donors (Lipinski definition) is 2. The number of ether oxygens (including phenoxy) is 1. The molecule has 5 heteroatoms. The summed E-state index contributed by atoms with van der Waals surface area (Å²) in [5.41, 5.74) is 4.68. The van der Waals surface area contributed by atoms with Gasteiger partial charge >= 0.3 is 0 Å². The lowest BCUT2D eigenvalue weighted by atomic mass is 10.2. The smallest absolute Gasteiger partial charge is 0.265 e. The summed E-state index contributed by atoms with van der Waals surface area (Å²) < 4.78 is 5.73. The van der Waals surface area contributed by atoms with Crippen molar-refractivity contribution in [2.45, 2.75) is 20.0 Å². The first-order chi connectivity index (χ1) is 13.6.